The van der Waals surface area contributed by atoms with E-state index >= 15 is 0 Å². The quantitative estimate of drug-likeness (QED) is 0.716. The maximum Gasteiger partial charge on any atom is 0.258 e. The zero-order valence-electron chi connectivity index (χ0n) is 14.1. The second kappa shape index (κ2) is 8.15. The molecule has 0 radical (unpaired) electrons. The highest BCUT2D eigenvalue weighted by molar-refractivity contribution is 5.77. The average Bonchev–Trinajstić information content (AvgIpc) is 3.15. The van der Waals surface area contributed by atoms with Gasteiger partial charge in [0, 0.05) is 11.6 Å². The number of aromatic nitrogens is 1. The molecule has 0 saturated carbocycles. The third kappa shape index (κ3) is 4.70. The predicted octanol–water partition coefficient (Wildman–Crippen LogP) is 3.60. The third-order valence-electron chi connectivity index (χ3n) is 3.79. The minimum Gasteiger partial charge on any atom is -0.484 e. The Kier molecular flexibility index (Phi) is 5.46. The van der Waals surface area contributed by atoms with Crippen molar-refractivity contribution in [2.75, 3.05) is 6.61 Å². The topological polar surface area (TPSA) is 64.4 Å². The SMILES string of the molecule is CCc1ccc(OCC(=O)NCc2cc(-c3ccccc3)no2)cc1. The van der Waals surface area contributed by atoms with E-state index in [-0.39, 0.29) is 19.1 Å². The fourth-order valence-corrected chi connectivity index (χ4v) is 2.35. The molecular formula is C20H20N2O3. The number of nitrogens with zero attached hydrogens (tertiary/aromatic N) is 1. The number of benzene rings is 2. The van der Waals surface area contributed by atoms with Gasteiger partial charge in [0.05, 0.1) is 6.54 Å². The van der Waals surface area contributed by atoms with Crippen LogP contribution in [-0.4, -0.2) is 17.7 Å². The first-order chi connectivity index (χ1) is 12.2. The Morgan fingerprint density at radius 2 is 1.88 bits per heavy atom. The normalized spacial score (nSPS) is 10.4. The number of hydrogen-bond donors (Lipinski definition) is 1. The largest absolute Gasteiger partial charge is 0.484 e. The van der Waals surface area contributed by atoms with Crippen LogP contribution in [0.2, 0.25) is 0 Å². The van der Waals surface area contributed by atoms with Gasteiger partial charge in [-0.3, -0.25) is 4.79 Å². The van der Waals surface area contributed by atoms with Crippen molar-refractivity contribution < 1.29 is 14.1 Å². The molecule has 5 nitrogen and oxygen atoms in total. The Morgan fingerprint density at radius 3 is 2.60 bits per heavy atom. The third-order valence-corrected chi connectivity index (χ3v) is 3.79. The minimum atomic E-state index is -0.211. The van der Waals surface area contributed by atoms with Crippen molar-refractivity contribution in [2.24, 2.45) is 0 Å². The van der Waals surface area contributed by atoms with Gasteiger partial charge in [-0.1, -0.05) is 54.5 Å². The molecular weight excluding hydrogens is 316 g/mol. The molecule has 128 valence electrons. The molecule has 3 rings (SSSR count). The number of carbonyl (C=O) groups excluding carboxylic acids is 1. The van der Waals surface area contributed by atoms with Gasteiger partial charge in [-0.15, -0.1) is 0 Å². The second-order valence-corrected chi connectivity index (χ2v) is 5.61. The van der Waals surface area contributed by atoms with Crippen molar-refractivity contribution in [3.8, 4) is 17.0 Å². The van der Waals surface area contributed by atoms with Crippen LogP contribution >= 0.6 is 0 Å². The molecule has 0 aliphatic rings. The molecule has 0 atom stereocenters. The molecule has 0 aliphatic carbocycles. The predicted molar refractivity (Wildman–Crippen MR) is 95.1 cm³/mol. The molecule has 0 aliphatic heterocycles. The Labute approximate surface area is 146 Å². The van der Waals surface area contributed by atoms with Crippen LogP contribution in [0.5, 0.6) is 5.75 Å². The molecule has 0 fully saturated rings. The Hall–Kier alpha value is -3.08. The lowest BCUT2D eigenvalue weighted by molar-refractivity contribution is -0.123. The van der Waals surface area contributed by atoms with E-state index in [1.807, 2.05) is 60.7 Å². The highest BCUT2D eigenvalue weighted by Crippen LogP contribution is 2.18. The van der Waals surface area contributed by atoms with E-state index in [1.165, 1.54) is 5.56 Å². The first kappa shape index (κ1) is 16.8. The van der Waals surface area contributed by atoms with E-state index < -0.39 is 0 Å². The highest BCUT2D eigenvalue weighted by Gasteiger charge is 2.08. The molecule has 1 heterocycles. The van der Waals surface area contributed by atoms with Crippen LogP contribution in [0, 0.1) is 0 Å². The number of amides is 1. The van der Waals surface area contributed by atoms with E-state index in [1.54, 1.807) is 0 Å². The molecule has 0 saturated heterocycles. The van der Waals surface area contributed by atoms with E-state index in [9.17, 15) is 4.79 Å². The molecule has 0 spiro atoms. The molecule has 3 aromatic rings. The number of hydrogen-bond acceptors (Lipinski definition) is 4. The smallest absolute Gasteiger partial charge is 0.258 e. The fourth-order valence-electron chi connectivity index (χ4n) is 2.35. The average molecular weight is 336 g/mol. The minimum absolute atomic E-state index is 0.0366. The van der Waals surface area contributed by atoms with Gasteiger partial charge in [-0.2, -0.15) is 0 Å². The van der Waals surface area contributed by atoms with Crippen LogP contribution < -0.4 is 10.1 Å². The summed E-state index contributed by atoms with van der Waals surface area (Å²) in [6.45, 7) is 2.33. The highest BCUT2D eigenvalue weighted by atomic mass is 16.5. The second-order valence-electron chi connectivity index (χ2n) is 5.61. The summed E-state index contributed by atoms with van der Waals surface area (Å²) in [6, 6.07) is 19.3. The summed E-state index contributed by atoms with van der Waals surface area (Å²) >= 11 is 0. The Morgan fingerprint density at radius 1 is 1.12 bits per heavy atom. The van der Waals surface area contributed by atoms with Crippen molar-refractivity contribution in [1.82, 2.24) is 10.5 Å². The van der Waals surface area contributed by atoms with Gasteiger partial charge in [-0.05, 0) is 24.1 Å². The van der Waals surface area contributed by atoms with Crippen LogP contribution in [0.4, 0.5) is 0 Å². The number of rotatable bonds is 7. The van der Waals surface area contributed by atoms with E-state index in [0.717, 1.165) is 17.7 Å². The van der Waals surface area contributed by atoms with Crippen molar-refractivity contribution >= 4 is 5.91 Å². The van der Waals surface area contributed by atoms with Crippen molar-refractivity contribution in [3.05, 3.63) is 72.0 Å². The molecule has 1 aromatic heterocycles. The van der Waals surface area contributed by atoms with Gasteiger partial charge in [-0.25, -0.2) is 0 Å². The molecule has 1 amide bonds. The maximum atomic E-state index is 11.9. The van der Waals surface area contributed by atoms with Gasteiger partial charge in [0.25, 0.3) is 5.91 Å². The summed E-state index contributed by atoms with van der Waals surface area (Å²) in [7, 11) is 0. The number of aryl methyl sites for hydroxylation is 1. The number of nitrogens with one attached hydrogen (secondary N) is 1. The standard InChI is InChI=1S/C20H20N2O3/c1-2-15-8-10-17(11-9-15)24-14-20(23)21-13-18-12-19(22-25-18)16-6-4-3-5-7-16/h3-12H,2,13-14H2,1H3,(H,21,23). The summed E-state index contributed by atoms with van der Waals surface area (Å²) in [5.74, 6) is 1.06. The first-order valence-electron chi connectivity index (χ1n) is 8.24. The van der Waals surface area contributed by atoms with Crippen molar-refractivity contribution in [3.63, 3.8) is 0 Å². The van der Waals surface area contributed by atoms with Crippen LogP contribution in [0.15, 0.2) is 65.2 Å². The lowest BCUT2D eigenvalue weighted by atomic mass is 10.1. The summed E-state index contributed by atoms with van der Waals surface area (Å²) in [5, 5.41) is 6.78. The van der Waals surface area contributed by atoms with Crippen LogP contribution in [0.3, 0.4) is 0 Å². The number of carbonyl (C=O) groups is 1. The van der Waals surface area contributed by atoms with Gasteiger partial charge in [0.2, 0.25) is 0 Å². The number of ether oxygens (including phenoxy) is 1. The molecule has 0 bridgehead atoms. The fraction of sp³-hybridized carbons (Fsp3) is 0.200. The molecule has 0 unspecified atom stereocenters. The summed E-state index contributed by atoms with van der Waals surface area (Å²) < 4.78 is 10.7. The van der Waals surface area contributed by atoms with E-state index in [0.29, 0.717) is 11.5 Å². The van der Waals surface area contributed by atoms with Crippen LogP contribution in [0.25, 0.3) is 11.3 Å². The zero-order chi connectivity index (χ0) is 17.5. The molecule has 2 aromatic carbocycles. The first-order valence-corrected chi connectivity index (χ1v) is 8.24. The molecule has 5 heteroatoms. The van der Waals surface area contributed by atoms with Gasteiger partial charge >= 0.3 is 0 Å². The lowest BCUT2D eigenvalue weighted by Gasteiger charge is -2.07. The monoisotopic (exact) mass is 336 g/mol. The lowest BCUT2D eigenvalue weighted by Crippen LogP contribution is -2.28. The summed E-state index contributed by atoms with van der Waals surface area (Å²) in [5.41, 5.74) is 2.95. The van der Waals surface area contributed by atoms with Crippen LogP contribution in [-0.2, 0) is 17.8 Å². The zero-order valence-corrected chi connectivity index (χ0v) is 14.1. The summed E-state index contributed by atoms with van der Waals surface area (Å²) in [4.78, 5) is 11.9. The Bertz CT molecular complexity index is 810. The molecule has 25 heavy (non-hydrogen) atoms. The van der Waals surface area contributed by atoms with Gasteiger partial charge in [0.15, 0.2) is 12.4 Å². The van der Waals surface area contributed by atoms with Gasteiger partial charge in [0.1, 0.15) is 11.4 Å². The maximum absolute atomic E-state index is 11.9. The molecule has 1 N–H and O–H groups in total. The van der Waals surface area contributed by atoms with E-state index in [4.69, 9.17) is 9.26 Å². The van der Waals surface area contributed by atoms with Crippen LogP contribution in [0.1, 0.15) is 18.2 Å². The van der Waals surface area contributed by atoms with Crippen molar-refractivity contribution in [1.29, 1.82) is 0 Å². The van der Waals surface area contributed by atoms with E-state index in [2.05, 4.69) is 17.4 Å². The Balaban J connectivity index is 1.46. The summed E-state index contributed by atoms with van der Waals surface area (Å²) in [6.07, 6.45) is 0.975. The van der Waals surface area contributed by atoms with Gasteiger partial charge < -0.3 is 14.6 Å². The van der Waals surface area contributed by atoms with Crippen molar-refractivity contribution in [2.45, 2.75) is 19.9 Å².